The summed E-state index contributed by atoms with van der Waals surface area (Å²) in [6, 6.07) is 13.8. The van der Waals surface area contributed by atoms with Crippen LogP contribution in [0.3, 0.4) is 0 Å². The Kier molecular flexibility index (Phi) is 8.10. The topological polar surface area (TPSA) is 70.1 Å². The molecule has 1 N–H and O–H groups in total. The summed E-state index contributed by atoms with van der Waals surface area (Å²) in [4.78, 5) is 29.6. The normalized spacial score (nSPS) is 17.9. The van der Waals surface area contributed by atoms with Gasteiger partial charge in [-0.3, -0.25) is 9.59 Å². The molecular formula is C25H29BrN2O4. The number of ketones is 1. The molecule has 1 unspecified atom stereocenters. The van der Waals surface area contributed by atoms with Gasteiger partial charge in [-0.15, -0.1) is 0 Å². The van der Waals surface area contributed by atoms with Crippen LogP contribution < -0.4 is 4.74 Å². The van der Waals surface area contributed by atoms with E-state index in [1.807, 2.05) is 50.2 Å². The summed E-state index contributed by atoms with van der Waals surface area (Å²) in [6.45, 7) is 3.77. The second-order valence-corrected chi connectivity index (χ2v) is 8.99. The highest BCUT2D eigenvalue weighted by Gasteiger charge is 2.45. The summed E-state index contributed by atoms with van der Waals surface area (Å²) in [5, 5.41) is 11.2. The van der Waals surface area contributed by atoms with Gasteiger partial charge in [0.25, 0.3) is 11.7 Å². The molecule has 0 bridgehead atoms. The Morgan fingerprint density at radius 1 is 1.16 bits per heavy atom. The molecule has 6 nitrogen and oxygen atoms in total. The molecule has 0 aliphatic carbocycles. The van der Waals surface area contributed by atoms with Crippen molar-refractivity contribution in [3.8, 4) is 5.75 Å². The van der Waals surface area contributed by atoms with Crippen LogP contribution in [0.1, 0.15) is 36.9 Å². The van der Waals surface area contributed by atoms with Gasteiger partial charge in [0.1, 0.15) is 11.5 Å². The van der Waals surface area contributed by atoms with Crippen LogP contribution in [0.4, 0.5) is 0 Å². The molecule has 170 valence electrons. The van der Waals surface area contributed by atoms with Gasteiger partial charge >= 0.3 is 0 Å². The number of aliphatic hydroxyl groups is 1. The van der Waals surface area contributed by atoms with Gasteiger partial charge in [-0.2, -0.15) is 0 Å². The number of nitrogens with zero attached hydrogens (tertiary/aromatic N) is 2. The van der Waals surface area contributed by atoms with Gasteiger partial charge in [0, 0.05) is 16.6 Å². The fraction of sp³-hybridized carbons (Fsp3) is 0.360. The minimum Gasteiger partial charge on any atom is -0.507 e. The zero-order chi connectivity index (χ0) is 23.3. The lowest BCUT2D eigenvalue weighted by Gasteiger charge is -2.26. The molecule has 0 saturated carbocycles. The van der Waals surface area contributed by atoms with Gasteiger partial charge in [-0.1, -0.05) is 47.1 Å². The lowest BCUT2D eigenvalue weighted by molar-refractivity contribution is -0.139. The van der Waals surface area contributed by atoms with Crippen LogP contribution in [0.5, 0.6) is 5.75 Å². The Hall–Kier alpha value is -2.64. The third kappa shape index (κ3) is 5.40. The Balaban J connectivity index is 2.05. The van der Waals surface area contributed by atoms with E-state index in [0.717, 1.165) is 23.0 Å². The van der Waals surface area contributed by atoms with Crippen molar-refractivity contribution < 1.29 is 19.4 Å². The molecule has 32 heavy (non-hydrogen) atoms. The molecule has 0 aromatic heterocycles. The minimum absolute atomic E-state index is 0.106. The van der Waals surface area contributed by atoms with Crippen LogP contribution in [0.2, 0.25) is 0 Å². The molecule has 1 saturated heterocycles. The van der Waals surface area contributed by atoms with E-state index in [1.54, 1.807) is 29.2 Å². The number of amides is 1. The molecule has 1 aliphatic rings. The summed E-state index contributed by atoms with van der Waals surface area (Å²) in [6.07, 6.45) is 1.57. The molecule has 3 rings (SSSR count). The van der Waals surface area contributed by atoms with Crippen LogP contribution >= 0.6 is 15.9 Å². The number of carbonyl (C=O) groups excluding carboxylic acids is 2. The minimum atomic E-state index is -0.667. The third-order valence-electron chi connectivity index (χ3n) is 5.31. The summed E-state index contributed by atoms with van der Waals surface area (Å²) in [7, 11) is 3.93. The Labute approximate surface area is 197 Å². The van der Waals surface area contributed by atoms with Crippen LogP contribution in [-0.4, -0.2) is 60.4 Å². The van der Waals surface area contributed by atoms with E-state index in [1.165, 1.54) is 0 Å². The van der Waals surface area contributed by atoms with E-state index >= 15 is 0 Å². The first-order valence-electron chi connectivity index (χ1n) is 10.7. The Bertz CT molecular complexity index is 1000. The first kappa shape index (κ1) is 24.0. The quantitative estimate of drug-likeness (QED) is 0.309. The molecular weight excluding hydrogens is 472 g/mol. The van der Waals surface area contributed by atoms with Gasteiger partial charge in [0.05, 0.1) is 18.2 Å². The van der Waals surface area contributed by atoms with Crippen molar-refractivity contribution in [2.24, 2.45) is 0 Å². The fourth-order valence-corrected chi connectivity index (χ4v) is 4.03. The Morgan fingerprint density at radius 2 is 1.88 bits per heavy atom. The van der Waals surface area contributed by atoms with E-state index in [0.29, 0.717) is 30.9 Å². The highest BCUT2D eigenvalue weighted by atomic mass is 79.9. The summed E-state index contributed by atoms with van der Waals surface area (Å²) in [5.74, 6) is -0.832. The second kappa shape index (κ2) is 10.8. The van der Waals surface area contributed by atoms with Crippen molar-refractivity contribution in [1.82, 2.24) is 9.80 Å². The highest BCUT2D eigenvalue weighted by molar-refractivity contribution is 9.10. The van der Waals surface area contributed by atoms with Gasteiger partial charge in [-0.25, -0.2) is 0 Å². The first-order chi connectivity index (χ1) is 15.3. The molecule has 1 fully saturated rings. The molecule has 1 atom stereocenters. The van der Waals surface area contributed by atoms with Gasteiger partial charge < -0.3 is 19.6 Å². The van der Waals surface area contributed by atoms with Crippen LogP contribution in [0, 0.1) is 0 Å². The highest BCUT2D eigenvalue weighted by Crippen LogP contribution is 2.40. The van der Waals surface area contributed by atoms with Crippen LogP contribution in [-0.2, 0) is 9.59 Å². The number of benzene rings is 2. The number of ether oxygens (including phenoxy) is 1. The molecule has 1 heterocycles. The number of aliphatic hydroxyl groups excluding tert-OH is 1. The standard InChI is InChI=1S/C25H29BrN2O4/c1-4-15-32-20-8-5-7-18(16-20)23(29)21-22(17-9-11-19(26)12-10-17)28(25(31)24(21)30)14-6-13-27(2)3/h5,7-12,16,22,29H,4,6,13-15H2,1-3H3. The predicted molar refractivity (Wildman–Crippen MR) is 129 cm³/mol. The zero-order valence-corrected chi connectivity index (χ0v) is 20.3. The predicted octanol–water partition coefficient (Wildman–Crippen LogP) is 4.61. The average molecular weight is 501 g/mol. The third-order valence-corrected chi connectivity index (χ3v) is 5.84. The number of halogens is 1. The first-order valence-corrected chi connectivity index (χ1v) is 11.5. The van der Waals surface area contributed by atoms with E-state index in [-0.39, 0.29) is 11.3 Å². The van der Waals surface area contributed by atoms with Gasteiger partial charge in [-0.05, 0) is 63.3 Å². The van der Waals surface area contributed by atoms with Crippen molar-refractivity contribution in [2.75, 3.05) is 33.8 Å². The van der Waals surface area contributed by atoms with Crippen LogP contribution in [0.15, 0.2) is 58.6 Å². The lowest BCUT2D eigenvalue weighted by atomic mass is 9.95. The second-order valence-electron chi connectivity index (χ2n) is 8.08. The maximum Gasteiger partial charge on any atom is 0.295 e. The van der Waals surface area contributed by atoms with Gasteiger partial charge in [0.15, 0.2) is 0 Å². The van der Waals surface area contributed by atoms with Crippen molar-refractivity contribution >= 4 is 33.4 Å². The lowest BCUT2D eigenvalue weighted by Crippen LogP contribution is -2.32. The number of hydrogen-bond acceptors (Lipinski definition) is 5. The zero-order valence-electron chi connectivity index (χ0n) is 18.7. The number of rotatable bonds is 9. The average Bonchev–Trinajstić information content (AvgIpc) is 3.02. The molecule has 2 aromatic rings. The fourth-order valence-electron chi connectivity index (χ4n) is 3.77. The molecule has 2 aromatic carbocycles. The molecule has 1 amide bonds. The summed E-state index contributed by atoms with van der Waals surface area (Å²) < 4.78 is 6.57. The van der Waals surface area contributed by atoms with E-state index in [4.69, 9.17) is 4.74 Å². The molecule has 0 radical (unpaired) electrons. The van der Waals surface area contributed by atoms with E-state index in [2.05, 4.69) is 15.9 Å². The molecule has 7 heteroatoms. The van der Waals surface area contributed by atoms with Crippen molar-refractivity contribution in [3.63, 3.8) is 0 Å². The van der Waals surface area contributed by atoms with Gasteiger partial charge in [0.2, 0.25) is 0 Å². The Morgan fingerprint density at radius 3 is 2.53 bits per heavy atom. The summed E-state index contributed by atoms with van der Waals surface area (Å²) >= 11 is 3.43. The smallest absolute Gasteiger partial charge is 0.295 e. The van der Waals surface area contributed by atoms with Crippen LogP contribution in [0.25, 0.3) is 5.76 Å². The number of Topliss-reactive ketones (excluding diaryl/α,β-unsaturated/α-hetero) is 1. The van der Waals surface area contributed by atoms with E-state index < -0.39 is 17.7 Å². The largest absolute Gasteiger partial charge is 0.507 e. The number of hydrogen-bond donors (Lipinski definition) is 1. The molecule has 1 aliphatic heterocycles. The number of likely N-dealkylation sites (tertiary alicyclic amines) is 1. The van der Waals surface area contributed by atoms with Crippen molar-refractivity contribution in [1.29, 1.82) is 0 Å². The molecule has 0 spiro atoms. The summed E-state index contributed by atoms with van der Waals surface area (Å²) in [5.41, 5.74) is 1.33. The number of carbonyl (C=O) groups is 2. The maximum absolute atomic E-state index is 13.1. The van der Waals surface area contributed by atoms with E-state index in [9.17, 15) is 14.7 Å². The maximum atomic E-state index is 13.1. The monoisotopic (exact) mass is 500 g/mol. The SMILES string of the molecule is CCCOc1cccc(C(O)=C2C(=O)C(=O)N(CCCN(C)C)C2c2ccc(Br)cc2)c1. The van der Waals surface area contributed by atoms with Crippen molar-refractivity contribution in [2.45, 2.75) is 25.8 Å². The van der Waals surface area contributed by atoms with Crippen molar-refractivity contribution in [3.05, 3.63) is 69.7 Å².